The van der Waals surface area contributed by atoms with Crippen molar-refractivity contribution in [3.63, 3.8) is 0 Å². The monoisotopic (exact) mass is 843 g/mol. The van der Waals surface area contributed by atoms with Gasteiger partial charge in [0.15, 0.2) is 0 Å². The summed E-state index contributed by atoms with van der Waals surface area (Å²) in [5.41, 5.74) is 16.6. The van der Waals surface area contributed by atoms with Crippen molar-refractivity contribution in [3.8, 4) is 33.4 Å². The predicted molar refractivity (Wildman–Crippen MR) is 277 cm³/mol. The normalized spacial score (nSPS) is 13.1. The fourth-order valence-electron chi connectivity index (χ4n) is 11.3. The zero-order valence-electron chi connectivity index (χ0n) is 36.5. The molecule has 0 amide bonds. The summed E-state index contributed by atoms with van der Waals surface area (Å²) < 4.78 is 12.9. The molecule has 0 unspecified atom stereocenters. The fraction of sp³-hybridized carbons (Fsp3) is 0.0476. The highest BCUT2D eigenvalue weighted by Gasteiger charge is 2.36. The number of rotatable bonds is 5. The Morgan fingerprint density at radius 3 is 1.77 bits per heavy atom. The summed E-state index contributed by atoms with van der Waals surface area (Å²) in [7, 11) is 0. The minimum atomic E-state index is -0.142. The molecule has 11 aromatic carbocycles. The highest BCUT2D eigenvalue weighted by molar-refractivity contribution is 6.34. The van der Waals surface area contributed by atoms with Crippen LogP contribution in [0.1, 0.15) is 25.0 Å². The van der Waals surface area contributed by atoms with E-state index in [1.54, 1.807) is 0 Å². The van der Waals surface area contributed by atoms with Crippen molar-refractivity contribution in [3.05, 3.63) is 223 Å². The molecule has 0 saturated carbocycles. The molecule has 0 aliphatic heterocycles. The van der Waals surface area contributed by atoms with Gasteiger partial charge >= 0.3 is 0 Å². The standard InChI is InChI=1S/C63H41NO2/c1-63(2)55-22-8-5-16-47(55)48-32-30-43(37-56(48)63)64(41-28-25-38(26-29-41)44-20-12-21-52-49-17-6-9-23-57(49)66-62(44)52)42-14-11-13-39(35-42)40-27-31-46-45-15-3-4-18-50(45)60-51(54(46)36-40)33-34-59-61(60)53-19-7-10-24-58(53)65-59/h3-37H,1-2H3. The van der Waals surface area contributed by atoms with Gasteiger partial charge in [0.2, 0.25) is 0 Å². The molecule has 0 radical (unpaired) electrons. The zero-order valence-corrected chi connectivity index (χ0v) is 36.5. The van der Waals surface area contributed by atoms with E-state index in [0.717, 1.165) is 77.8 Å². The minimum Gasteiger partial charge on any atom is -0.456 e. The van der Waals surface area contributed by atoms with E-state index in [9.17, 15) is 0 Å². The molecule has 0 fully saturated rings. The van der Waals surface area contributed by atoms with E-state index in [2.05, 4.69) is 213 Å². The van der Waals surface area contributed by atoms with E-state index >= 15 is 0 Å². The SMILES string of the molecule is CC1(C)c2ccccc2-c2ccc(N(c3ccc(-c4cccc5c4oc4ccccc45)cc3)c3cccc(-c4ccc5c6ccccc6c6c(ccc7oc8ccccc8c76)c5c4)c3)cc21. The summed E-state index contributed by atoms with van der Waals surface area (Å²) in [5, 5.41) is 12.0. The molecular weight excluding hydrogens is 803 g/mol. The van der Waals surface area contributed by atoms with Crippen LogP contribution in [0, 0.1) is 0 Å². The smallest absolute Gasteiger partial charge is 0.143 e. The molecule has 14 rings (SSSR count). The van der Waals surface area contributed by atoms with Crippen LogP contribution in [-0.2, 0) is 5.41 Å². The molecule has 310 valence electrons. The van der Waals surface area contributed by atoms with Crippen molar-refractivity contribution < 1.29 is 8.83 Å². The second-order valence-corrected chi connectivity index (χ2v) is 18.4. The highest BCUT2D eigenvalue weighted by Crippen LogP contribution is 2.51. The fourth-order valence-corrected chi connectivity index (χ4v) is 11.3. The molecule has 0 saturated heterocycles. The van der Waals surface area contributed by atoms with E-state index < -0.39 is 0 Å². The van der Waals surface area contributed by atoms with Gasteiger partial charge in [-0.05, 0) is 133 Å². The van der Waals surface area contributed by atoms with Gasteiger partial charge in [-0.25, -0.2) is 0 Å². The van der Waals surface area contributed by atoms with Crippen molar-refractivity contribution in [1.82, 2.24) is 0 Å². The topological polar surface area (TPSA) is 29.5 Å². The van der Waals surface area contributed by atoms with Crippen molar-refractivity contribution in [2.45, 2.75) is 19.3 Å². The van der Waals surface area contributed by atoms with Crippen molar-refractivity contribution in [1.29, 1.82) is 0 Å². The number of hydrogen-bond donors (Lipinski definition) is 0. The van der Waals surface area contributed by atoms with Crippen LogP contribution in [0.2, 0.25) is 0 Å². The van der Waals surface area contributed by atoms with E-state index in [1.807, 2.05) is 18.2 Å². The van der Waals surface area contributed by atoms with Gasteiger partial charge in [-0.2, -0.15) is 0 Å². The molecule has 0 spiro atoms. The molecular formula is C63H41NO2. The molecule has 2 aromatic heterocycles. The lowest BCUT2D eigenvalue weighted by Crippen LogP contribution is -2.16. The summed E-state index contributed by atoms with van der Waals surface area (Å²) in [6.45, 7) is 4.71. The first-order valence-electron chi connectivity index (χ1n) is 22.8. The van der Waals surface area contributed by atoms with Gasteiger partial charge in [0.05, 0.1) is 0 Å². The quantitative estimate of drug-likeness (QED) is 0.162. The number of fused-ring (bicyclic) bond motifs is 16. The maximum absolute atomic E-state index is 6.49. The molecule has 0 bridgehead atoms. The third-order valence-electron chi connectivity index (χ3n) is 14.4. The van der Waals surface area contributed by atoms with Crippen molar-refractivity contribution >= 4 is 93.3 Å². The molecule has 66 heavy (non-hydrogen) atoms. The van der Waals surface area contributed by atoms with Gasteiger partial charge in [-0.15, -0.1) is 0 Å². The van der Waals surface area contributed by atoms with Gasteiger partial charge in [-0.1, -0.05) is 159 Å². The average molecular weight is 844 g/mol. The van der Waals surface area contributed by atoms with Crippen LogP contribution in [0.15, 0.2) is 221 Å². The first kappa shape index (κ1) is 37.0. The lowest BCUT2D eigenvalue weighted by Gasteiger charge is -2.28. The first-order chi connectivity index (χ1) is 32.5. The zero-order chi connectivity index (χ0) is 43.7. The minimum absolute atomic E-state index is 0.142. The maximum Gasteiger partial charge on any atom is 0.143 e. The Morgan fingerprint density at radius 2 is 0.909 bits per heavy atom. The number of benzene rings is 11. The second-order valence-electron chi connectivity index (χ2n) is 18.4. The highest BCUT2D eigenvalue weighted by atomic mass is 16.3. The summed E-state index contributed by atoms with van der Waals surface area (Å²) >= 11 is 0. The largest absolute Gasteiger partial charge is 0.456 e. The molecule has 2 heterocycles. The van der Waals surface area contributed by atoms with Crippen LogP contribution < -0.4 is 4.90 Å². The Kier molecular flexibility index (Phi) is 7.74. The molecule has 13 aromatic rings. The third-order valence-corrected chi connectivity index (χ3v) is 14.4. The Hall–Kier alpha value is -8.40. The van der Waals surface area contributed by atoms with Gasteiger partial charge in [0, 0.05) is 55.0 Å². The Bertz CT molecular complexity index is 4150. The Labute approximate surface area is 381 Å². The third kappa shape index (κ3) is 5.31. The molecule has 0 atom stereocenters. The van der Waals surface area contributed by atoms with E-state index in [-0.39, 0.29) is 5.41 Å². The number of para-hydroxylation sites is 3. The molecule has 1 aliphatic rings. The first-order valence-corrected chi connectivity index (χ1v) is 22.8. The van der Waals surface area contributed by atoms with Gasteiger partial charge < -0.3 is 13.7 Å². The van der Waals surface area contributed by atoms with Crippen LogP contribution in [-0.4, -0.2) is 0 Å². The Balaban J connectivity index is 0.939. The van der Waals surface area contributed by atoms with Crippen LogP contribution in [0.3, 0.4) is 0 Å². The Morgan fingerprint density at radius 1 is 0.318 bits per heavy atom. The number of furan rings is 2. The maximum atomic E-state index is 6.49. The predicted octanol–water partition coefficient (Wildman–Crippen LogP) is 18.1. The number of hydrogen-bond acceptors (Lipinski definition) is 3. The molecule has 3 nitrogen and oxygen atoms in total. The molecule has 0 N–H and O–H groups in total. The summed E-state index contributed by atoms with van der Waals surface area (Å²) in [4.78, 5) is 2.42. The van der Waals surface area contributed by atoms with Crippen LogP contribution in [0.5, 0.6) is 0 Å². The van der Waals surface area contributed by atoms with E-state index in [4.69, 9.17) is 8.83 Å². The van der Waals surface area contributed by atoms with E-state index in [0.29, 0.717) is 0 Å². The summed E-state index contributed by atoms with van der Waals surface area (Å²) in [6, 6.07) is 77.3. The molecule has 1 aliphatic carbocycles. The average Bonchev–Trinajstić information content (AvgIpc) is 4.02. The lowest BCUT2D eigenvalue weighted by atomic mass is 9.82. The van der Waals surface area contributed by atoms with Crippen LogP contribution in [0.4, 0.5) is 17.1 Å². The number of nitrogens with zero attached hydrogens (tertiary/aromatic N) is 1. The van der Waals surface area contributed by atoms with Gasteiger partial charge in [0.1, 0.15) is 22.3 Å². The van der Waals surface area contributed by atoms with E-state index in [1.165, 1.54) is 60.0 Å². The van der Waals surface area contributed by atoms with Gasteiger partial charge in [-0.3, -0.25) is 0 Å². The summed E-state index contributed by atoms with van der Waals surface area (Å²) in [6.07, 6.45) is 0. The van der Waals surface area contributed by atoms with Gasteiger partial charge in [0.25, 0.3) is 0 Å². The second kappa shape index (κ2) is 13.8. The van der Waals surface area contributed by atoms with Crippen molar-refractivity contribution in [2.24, 2.45) is 0 Å². The van der Waals surface area contributed by atoms with Crippen molar-refractivity contribution in [2.75, 3.05) is 4.90 Å². The van der Waals surface area contributed by atoms with Crippen LogP contribution >= 0.6 is 0 Å². The lowest BCUT2D eigenvalue weighted by molar-refractivity contribution is 0.660. The van der Waals surface area contributed by atoms with Crippen LogP contribution in [0.25, 0.3) is 110 Å². The summed E-state index contributed by atoms with van der Waals surface area (Å²) in [5.74, 6) is 0. The number of anilines is 3. The molecule has 3 heteroatoms.